The van der Waals surface area contributed by atoms with Gasteiger partial charge in [-0.05, 0) is 37.1 Å². The Hall–Kier alpha value is -1.39. The monoisotopic (exact) mass is 262 g/mol. The van der Waals surface area contributed by atoms with Crippen molar-refractivity contribution >= 4 is 11.6 Å². The largest absolute Gasteiger partial charge is 0.392 e. The number of hydrogen-bond donors (Lipinski definition) is 3. The van der Waals surface area contributed by atoms with Gasteiger partial charge in [-0.25, -0.2) is 0 Å². The number of carbonyl (C=O) groups is 1. The average molecular weight is 262 g/mol. The summed E-state index contributed by atoms with van der Waals surface area (Å²) in [4.78, 5) is 12.5. The van der Waals surface area contributed by atoms with Crippen LogP contribution in [0.5, 0.6) is 0 Å². The molecule has 1 aromatic rings. The third-order valence-electron chi connectivity index (χ3n) is 3.82. The molecule has 1 heterocycles. The Morgan fingerprint density at radius 2 is 2.37 bits per heavy atom. The molecule has 1 fully saturated rings. The van der Waals surface area contributed by atoms with Gasteiger partial charge in [0, 0.05) is 12.2 Å². The number of hydrogen-bond acceptors (Lipinski definition) is 3. The van der Waals surface area contributed by atoms with Gasteiger partial charge in [0.25, 0.3) is 0 Å². The van der Waals surface area contributed by atoms with Crippen molar-refractivity contribution in [2.45, 2.75) is 32.8 Å². The molecule has 3 N–H and O–H groups in total. The van der Waals surface area contributed by atoms with Crippen LogP contribution in [0.15, 0.2) is 24.3 Å². The van der Waals surface area contributed by atoms with Gasteiger partial charge in [-0.1, -0.05) is 25.5 Å². The van der Waals surface area contributed by atoms with Crippen molar-refractivity contribution in [2.75, 3.05) is 18.4 Å². The summed E-state index contributed by atoms with van der Waals surface area (Å²) in [6, 6.07) is 7.37. The first kappa shape index (κ1) is 14.0. The zero-order chi connectivity index (χ0) is 13.7. The summed E-state index contributed by atoms with van der Waals surface area (Å²) in [7, 11) is 0. The lowest BCUT2D eigenvalue weighted by atomic mass is 9.81. The molecule has 0 aromatic heterocycles. The zero-order valence-corrected chi connectivity index (χ0v) is 11.4. The molecule has 0 radical (unpaired) electrons. The molecule has 0 bridgehead atoms. The number of aliphatic hydroxyl groups is 1. The highest BCUT2D eigenvalue weighted by Gasteiger charge is 2.40. The van der Waals surface area contributed by atoms with Crippen LogP contribution in [0.25, 0.3) is 0 Å². The van der Waals surface area contributed by atoms with Crippen molar-refractivity contribution in [1.29, 1.82) is 0 Å². The van der Waals surface area contributed by atoms with E-state index in [1.165, 1.54) is 0 Å². The maximum Gasteiger partial charge on any atom is 0.231 e. The van der Waals surface area contributed by atoms with Gasteiger partial charge in [-0.3, -0.25) is 4.79 Å². The van der Waals surface area contributed by atoms with Gasteiger partial charge < -0.3 is 15.7 Å². The number of anilines is 1. The third kappa shape index (κ3) is 3.14. The summed E-state index contributed by atoms with van der Waals surface area (Å²) >= 11 is 0. The number of benzene rings is 1. The second kappa shape index (κ2) is 6.17. The first-order chi connectivity index (χ1) is 9.20. The molecule has 19 heavy (non-hydrogen) atoms. The van der Waals surface area contributed by atoms with E-state index >= 15 is 0 Å². The SMILES string of the molecule is CCCC1(C(=O)Nc2cccc(CO)c2)CCNC1. The minimum absolute atomic E-state index is 0.00856. The molecular weight excluding hydrogens is 240 g/mol. The highest BCUT2D eigenvalue weighted by Crippen LogP contribution is 2.32. The average Bonchev–Trinajstić information content (AvgIpc) is 2.89. The van der Waals surface area contributed by atoms with Gasteiger partial charge in [-0.2, -0.15) is 0 Å². The van der Waals surface area contributed by atoms with Crippen LogP contribution in [0, 0.1) is 5.41 Å². The molecule has 4 heteroatoms. The van der Waals surface area contributed by atoms with Gasteiger partial charge in [0.15, 0.2) is 0 Å². The number of nitrogens with one attached hydrogen (secondary N) is 2. The second-order valence-electron chi connectivity index (χ2n) is 5.27. The van der Waals surface area contributed by atoms with Crippen LogP contribution in [0.1, 0.15) is 31.7 Å². The van der Waals surface area contributed by atoms with Crippen molar-refractivity contribution in [2.24, 2.45) is 5.41 Å². The first-order valence-electron chi connectivity index (χ1n) is 6.92. The third-order valence-corrected chi connectivity index (χ3v) is 3.82. The zero-order valence-electron chi connectivity index (χ0n) is 11.4. The van der Waals surface area contributed by atoms with Crippen LogP contribution in [-0.4, -0.2) is 24.1 Å². The van der Waals surface area contributed by atoms with E-state index in [2.05, 4.69) is 17.6 Å². The van der Waals surface area contributed by atoms with Crippen molar-refractivity contribution < 1.29 is 9.90 Å². The predicted octanol–water partition coefficient (Wildman–Crippen LogP) is 1.90. The van der Waals surface area contributed by atoms with Gasteiger partial charge >= 0.3 is 0 Å². The molecule has 104 valence electrons. The fourth-order valence-electron chi connectivity index (χ4n) is 2.75. The molecule has 0 saturated carbocycles. The lowest BCUT2D eigenvalue weighted by Gasteiger charge is -2.26. The Labute approximate surface area is 114 Å². The Bertz CT molecular complexity index is 440. The topological polar surface area (TPSA) is 61.4 Å². The predicted molar refractivity (Wildman–Crippen MR) is 75.8 cm³/mol. The quantitative estimate of drug-likeness (QED) is 0.759. The summed E-state index contributed by atoms with van der Waals surface area (Å²) in [6.45, 7) is 3.77. The maximum atomic E-state index is 12.5. The van der Waals surface area contributed by atoms with Crippen LogP contribution < -0.4 is 10.6 Å². The Morgan fingerprint density at radius 1 is 1.53 bits per heavy atom. The number of aliphatic hydroxyl groups excluding tert-OH is 1. The molecule has 1 amide bonds. The first-order valence-corrected chi connectivity index (χ1v) is 6.92. The molecule has 0 spiro atoms. The summed E-state index contributed by atoms with van der Waals surface area (Å²) in [5, 5.41) is 15.4. The molecule has 4 nitrogen and oxygen atoms in total. The van der Waals surface area contributed by atoms with E-state index in [-0.39, 0.29) is 17.9 Å². The maximum absolute atomic E-state index is 12.5. The van der Waals surface area contributed by atoms with Gasteiger partial charge in [0.2, 0.25) is 5.91 Å². The molecule has 2 rings (SSSR count). The van der Waals surface area contributed by atoms with Gasteiger partial charge in [0.1, 0.15) is 0 Å². The van der Waals surface area contributed by atoms with Crippen LogP contribution >= 0.6 is 0 Å². The van der Waals surface area contributed by atoms with Gasteiger partial charge in [-0.15, -0.1) is 0 Å². The smallest absolute Gasteiger partial charge is 0.231 e. The Kier molecular flexibility index (Phi) is 4.56. The van der Waals surface area contributed by atoms with Crippen LogP contribution in [0.3, 0.4) is 0 Å². The van der Waals surface area contributed by atoms with Crippen LogP contribution in [0.4, 0.5) is 5.69 Å². The Balaban J connectivity index is 2.10. The molecule has 1 atom stereocenters. The van der Waals surface area contributed by atoms with Crippen molar-refractivity contribution in [3.8, 4) is 0 Å². The van der Waals surface area contributed by atoms with E-state index in [1.807, 2.05) is 24.3 Å². The fraction of sp³-hybridized carbons (Fsp3) is 0.533. The van der Waals surface area contributed by atoms with E-state index in [0.29, 0.717) is 0 Å². The number of rotatable bonds is 5. The Morgan fingerprint density at radius 3 is 3.00 bits per heavy atom. The molecule has 1 aromatic carbocycles. The summed E-state index contributed by atoms with van der Waals surface area (Å²) in [6.07, 6.45) is 2.81. The summed E-state index contributed by atoms with van der Waals surface area (Å²) in [5.74, 6) is 0.0921. The van der Waals surface area contributed by atoms with E-state index < -0.39 is 0 Å². The molecule has 1 unspecified atom stereocenters. The molecule has 1 saturated heterocycles. The van der Waals surface area contributed by atoms with Crippen LogP contribution in [0.2, 0.25) is 0 Å². The minimum atomic E-state index is -0.274. The molecular formula is C15H22N2O2. The highest BCUT2D eigenvalue weighted by atomic mass is 16.3. The summed E-state index contributed by atoms with van der Waals surface area (Å²) < 4.78 is 0. The van der Waals surface area contributed by atoms with Crippen molar-refractivity contribution in [1.82, 2.24) is 5.32 Å². The lowest BCUT2D eigenvalue weighted by molar-refractivity contribution is -0.125. The van der Waals surface area contributed by atoms with E-state index in [4.69, 9.17) is 5.11 Å². The minimum Gasteiger partial charge on any atom is -0.392 e. The normalized spacial score (nSPS) is 22.4. The number of amides is 1. The summed E-state index contributed by atoms with van der Waals surface area (Å²) in [5.41, 5.74) is 1.30. The molecule has 1 aliphatic rings. The van der Waals surface area contributed by atoms with Gasteiger partial charge in [0.05, 0.1) is 12.0 Å². The lowest BCUT2D eigenvalue weighted by Crippen LogP contribution is -2.38. The van der Waals surface area contributed by atoms with E-state index in [9.17, 15) is 4.79 Å². The second-order valence-corrected chi connectivity index (χ2v) is 5.27. The van der Waals surface area contributed by atoms with Crippen molar-refractivity contribution in [3.05, 3.63) is 29.8 Å². The molecule has 1 aliphatic heterocycles. The molecule has 0 aliphatic carbocycles. The standard InChI is InChI=1S/C15H22N2O2/c1-2-6-15(7-8-16-11-15)14(19)17-13-5-3-4-12(9-13)10-18/h3-5,9,16,18H,2,6-8,10-11H2,1H3,(H,17,19). The van der Waals surface area contributed by atoms with E-state index in [0.717, 1.165) is 43.6 Å². The van der Waals surface area contributed by atoms with E-state index in [1.54, 1.807) is 0 Å². The highest BCUT2D eigenvalue weighted by molar-refractivity contribution is 5.95. The fourth-order valence-corrected chi connectivity index (χ4v) is 2.75. The number of carbonyl (C=O) groups excluding carboxylic acids is 1. The van der Waals surface area contributed by atoms with Crippen molar-refractivity contribution in [3.63, 3.8) is 0 Å². The van der Waals surface area contributed by atoms with Crippen LogP contribution in [-0.2, 0) is 11.4 Å².